The molecule has 4 rings (SSSR count). The van der Waals surface area contributed by atoms with Crippen LogP contribution in [0.2, 0.25) is 0 Å². The van der Waals surface area contributed by atoms with Crippen molar-refractivity contribution in [2.75, 3.05) is 42.9 Å². The molecule has 2 amide bonds. The highest BCUT2D eigenvalue weighted by Crippen LogP contribution is 2.36. The van der Waals surface area contributed by atoms with Crippen molar-refractivity contribution in [3.05, 3.63) is 48.2 Å². The largest absolute Gasteiger partial charge is 0.319 e. The van der Waals surface area contributed by atoms with Gasteiger partial charge in [0.1, 0.15) is 0 Å². The van der Waals surface area contributed by atoms with Crippen LogP contribution >= 0.6 is 0 Å². The smallest absolute Gasteiger partial charge is 0.257 e. The van der Waals surface area contributed by atoms with Gasteiger partial charge in [-0.3, -0.25) is 19.4 Å². The zero-order valence-electron chi connectivity index (χ0n) is 17.7. The number of benzene rings is 1. The Morgan fingerprint density at radius 2 is 2.00 bits per heavy atom. The van der Waals surface area contributed by atoms with Gasteiger partial charge in [-0.25, -0.2) is 4.98 Å². The van der Waals surface area contributed by atoms with Crippen LogP contribution in [0.15, 0.2) is 42.6 Å². The molecule has 0 radical (unpaired) electrons. The van der Waals surface area contributed by atoms with Crippen LogP contribution in [-0.2, 0) is 4.79 Å². The number of carbonyl (C=O) groups is 2. The molecule has 0 aliphatic carbocycles. The molecule has 1 saturated heterocycles. The lowest BCUT2D eigenvalue weighted by Crippen LogP contribution is -2.45. The number of aromatic nitrogens is 1. The first-order chi connectivity index (χ1) is 14.6. The van der Waals surface area contributed by atoms with E-state index in [4.69, 9.17) is 0 Å². The second-order valence-electron chi connectivity index (χ2n) is 7.83. The molecule has 0 spiro atoms. The van der Waals surface area contributed by atoms with Crippen LogP contribution in [0.25, 0.3) is 0 Å². The Balaban J connectivity index is 1.64. The van der Waals surface area contributed by atoms with Gasteiger partial charge in [0.05, 0.1) is 23.5 Å². The molecule has 0 unspecified atom stereocenters. The van der Waals surface area contributed by atoms with Crippen LogP contribution < -0.4 is 10.2 Å². The third-order valence-electron chi connectivity index (χ3n) is 6.09. The topological polar surface area (TPSA) is 68.8 Å². The maximum absolute atomic E-state index is 13.6. The highest BCUT2D eigenvalue weighted by atomic mass is 16.2. The number of likely N-dealkylation sites (N-methyl/N-ethyl adjacent to an activating group) is 1. The van der Waals surface area contributed by atoms with Crippen molar-refractivity contribution in [3.63, 3.8) is 0 Å². The minimum absolute atomic E-state index is 0.0645. The number of fused-ring (bicyclic) bond motifs is 2. The number of nitrogens with zero attached hydrogens (tertiary/aromatic N) is 4. The number of nitrogens with one attached hydrogen (secondary N) is 1. The summed E-state index contributed by atoms with van der Waals surface area (Å²) in [7, 11) is 0. The van der Waals surface area contributed by atoms with Crippen molar-refractivity contribution < 1.29 is 9.59 Å². The third-order valence-corrected chi connectivity index (χ3v) is 6.09. The molecule has 30 heavy (non-hydrogen) atoms. The fraction of sp³-hybridized carbons (Fsp3) is 0.435. The molecule has 1 aromatic carbocycles. The molecule has 1 N–H and O–H groups in total. The monoisotopic (exact) mass is 407 g/mol. The van der Waals surface area contributed by atoms with E-state index >= 15 is 0 Å². The van der Waals surface area contributed by atoms with E-state index in [0.717, 1.165) is 39.0 Å². The predicted octanol–water partition coefficient (Wildman–Crippen LogP) is 3.12. The van der Waals surface area contributed by atoms with Crippen LogP contribution in [-0.4, -0.2) is 65.4 Å². The first-order valence-corrected chi connectivity index (χ1v) is 10.8. The van der Waals surface area contributed by atoms with Crippen molar-refractivity contribution in [2.45, 2.75) is 32.7 Å². The number of carbonyl (C=O) groups excluding carboxylic acids is 2. The summed E-state index contributed by atoms with van der Waals surface area (Å²) in [6, 6.07) is 11.1. The summed E-state index contributed by atoms with van der Waals surface area (Å²) in [5, 5.41) is 2.89. The summed E-state index contributed by atoms with van der Waals surface area (Å²) < 4.78 is 0. The number of rotatable bonds is 6. The summed E-state index contributed by atoms with van der Waals surface area (Å²) in [6.45, 7) is 8.58. The number of hydrogen-bond acceptors (Lipinski definition) is 5. The van der Waals surface area contributed by atoms with Crippen molar-refractivity contribution in [1.82, 2.24) is 14.8 Å². The Morgan fingerprint density at radius 3 is 2.80 bits per heavy atom. The molecule has 7 heteroatoms. The highest BCUT2D eigenvalue weighted by molar-refractivity contribution is 6.17. The molecule has 1 aromatic heterocycles. The van der Waals surface area contributed by atoms with Gasteiger partial charge in [-0.15, -0.1) is 0 Å². The number of para-hydroxylation sites is 1. The van der Waals surface area contributed by atoms with Gasteiger partial charge in [0.15, 0.2) is 5.82 Å². The quantitative estimate of drug-likeness (QED) is 0.797. The molecule has 158 valence electrons. The van der Waals surface area contributed by atoms with Gasteiger partial charge in [0, 0.05) is 18.8 Å². The first kappa shape index (κ1) is 20.5. The maximum Gasteiger partial charge on any atom is 0.257 e. The number of anilines is 3. The minimum atomic E-state index is -0.226. The average Bonchev–Trinajstić information content (AvgIpc) is 3.14. The van der Waals surface area contributed by atoms with Gasteiger partial charge >= 0.3 is 0 Å². The van der Waals surface area contributed by atoms with Gasteiger partial charge < -0.3 is 10.2 Å². The Morgan fingerprint density at radius 1 is 1.20 bits per heavy atom. The summed E-state index contributed by atoms with van der Waals surface area (Å²) in [5.41, 5.74) is 1.61. The zero-order chi connectivity index (χ0) is 21.1. The third kappa shape index (κ3) is 3.95. The zero-order valence-corrected chi connectivity index (χ0v) is 17.7. The molecule has 3 heterocycles. The molecule has 1 atom stereocenters. The fourth-order valence-electron chi connectivity index (χ4n) is 4.42. The normalized spacial score (nSPS) is 18.7. The Labute approximate surface area is 177 Å². The van der Waals surface area contributed by atoms with Gasteiger partial charge in [-0.2, -0.15) is 0 Å². The SMILES string of the molecule is CCN(CC)C[C@@H]1CCCN1CC(=O)N1c2ccccc2C(=O)Nc2cccnc21. The Bertz CT molecular complexity index is 927. The molecular formula is C23H29N5O2. The van der Waals surface area contributed by atoms with E-state index in [2.05, 4.69) is 33.9 Å². The van der Waals surface area contributed by atoms with Crippen LogP contribution in [0.1, 0.15) is 37.0 Å². The summed E-state index contributed by atoms with van der Waals surface area (Å²) >= 11 is 0. The molecule has 0 saturated carbocycles. The summed E-state index contributed by atoms with van der Waals surface area (Å²) in [5.74, 6) is 0.182. The molecular weight excluding hydrogens is 378 g/mol. The van der Waals surface area contributed by atoms with Crippen molar-refractivity contribution in [3.8, 4) is 0 Å². The first-order valence-electron chi connectivity index (χ1n) is 10.8. The highest BCUT2D eigenvalue weighted by Gasteiger charge is 2.33. The number of amides is 2. The predicted molar refractivity (Wildman–Crippen MR) is 118 cm³/mol. The fourth-order valence-corrected chi connectivity index (χ4v) is 4.42. The van der Waals surface area contributed by atoms with Crippen molar-refractivity contribution in [2.24, 2.45) is 0 Å². The Kier molecular flexibility index (Phi) is 6.11. The van der Waals surface area contributed by atoms with E-state index in [9.17, 15) is 9.59 Å². The van der Waals surface area contributed by atoms with Crippen molar-refractivity contribution in [1.29, 1.82) is 0 Å². The van der Waals surface area contributed by atoms with Gasteiger partial charge in [0.25, 0.3) is 5.91 Å². The summed E-state index contributed by atoms with van der Waals surface area (Å²) in [4.78, 5) is 37.1. The lowest BCUT2D eigenvalue weighted by atomic mass is 10.1. The average molecular weight is 408 g/mol. The van der Waals surface area contributed by atoms with Crippen LogP contribution in [0, 0.1) is 0 Å². The molecule has 2 aliphatic heterocycles. The molecule has 7 nitrogen and oxygen atoms in total. The molecule has 1 fully saturated rings. The van der Waals surface area contributed by atoms with Crippen LogP contribution in [0.4, 0.5) is 17.2 Å². The van der Waals surface area contributed by atoms with Crippen molar-refractivity contribution >= 4 is 29.0 Å². The molecule has 2 aliphatic rings. The number of likely N-dealkylation sites (tertiary alicyclic amines) is 1. The molecule has 2 aromatic rings. The van der Waals surface area contributed by atoms with E-state index < -0.39 is 0 Å². The molecule has 0 bridgehead atoms. The number of pyridine rings is 1. The lowest BCUT2D eigenvalue weighted by molar-refractivity contribution is -0.119. The van der Waals surface area contributed by atoms with E-state index in [0.29, 0.717) is 35.3 Å². The summed E-state index contributed by atoms with van der Waals surface area (Å²) in [6.07, 6.45) is 3.86. The second-order valence-corrected chi connectivity index (χ2v) is 7.83. The van der Waals surface area contributed by atoms with Gasteiger partial charge in [-0.1, -0.05) is 26.0 Å². The van der Waals surface area contributed by atoms with Gasteiger partial charge in [0.2, 0.25) is 5.91 Å². The minimum Gasteiger partial charge on any atom is -0.319 e. The lowest BCUT2D eigenvalue weighted by Gasteiger charge is -2.31. The van der Waals surface area contributed by atoms with E-state index in [1.807, 2.05) is 18.2 Å². The number of hydrogen-bond donors (Lipinski definition) is 1. The van der Waals surface area contributed by atoms with E-state index in [1.54, 1.807) is 29.3 Å². The van der Waals surface area contributed by atoms with E-state index in [1.165, 1.54) is 0 Å². The standard InChI is InChI=1S/C23H29N5O2/c1-3-26(4-2)15-17-9-8-14-27(17)16-21(29)28-20-12-6-5-10-18(20)23(30)25-19-11-7-13-24-22(19)28/h5-7,10-13,17H,3-4,8-9,14-16H2,1-2H3,(H,25,30)/t17-/m0/s1. The van der Waals surface area contributed by atoms with Gasteiger partial charge in [-0.05, 0) is 56.7 Å². The van der Waals surface area contributed by atoms with E-state index in [-0.39, 0.29) is 11.8 Å². The second kappa shape index (κ2) is 8.93. The Hall–Kier alpha value is -2.77. The maximum atomic E-state index is 13.6. The van der Waals surface area contributed by atoms with Crippen LogP contribution in [0.5, 0.6) is 0 Å². The van der Waals surface area contributed by atoms with Crippen LogP contribution in [0.3, 0.4) is 0 Å².